The molecule has 0 spiro atoms. The van der Waals surface area contributed by atoms with E-state index >= 15 is 0 Å². The molecule has 3 rings (SSSR count). The van der Waals surface area contributed by atoms with E-state index in [-0.39, 0.29) is 5.82 Å². The van der Waals surface area contributed by atoms with Crippen molar-refractivity contribution in [3.05, 3.63) is 30.2 Å². The number of benzene rings is 1. The lowest BCUT2D eigenvalue weighted by Crippen LogP contribution is -2.32. The molecule has 0 aliphatic carbocycles. The second-order valence-corrected chi connectivity index (χ2v) is 4.71. The molecule has 1 unspecified atom stereocenters. The van der Waals surface area contributed by atoms with E-state index in [0.29, 0.717) is 11.3 Å². The van der Waals surface area contributed by atoms with Crippen molar-refractivity contribution in [1.29, 1.82) is 0 Å². The fraction of sp³-hybridized carbons (Fsp3) is 0.462. The number of halogens is 1. The standard InChI is InChI=1S/C13H16FN3/c14-12-4-1-5-13-11(12)8-16-17(13)9-10-3-2-6-15-7-10/h1,4-5,8,10,15H,2-3,6-7,9H2. The van der Waals surface area contributed by atoms with E-state index in [4.69, 9.17) is 0 Å². The van der Waals surface area contributed by atoms with Gasteiger partial charge in [-0.3, -0.25) is 4.68 Å². The average Bonchev–Trinajstić information content (AvgIpc) is 2.76. The summed E-state index contributed by atoms with van der Waals surface area (Å²) in [5, 5.41) is 8.31. The van der Waals surface area contributed by atoms with Gasteiger partial charge in [0, 0.05) is 6.54 Å². The fourth-order valence-corrected chi connectivity index (χ4v) is 2.54. The highest BCUT2D eigenvalue weighted by molar-refractivity contribution is 5.79. The van der Waals surface area contributed by atoms with Crippen LogP contribution in [0.15, 0.2) is 24.4 Å². The zero-order valence-electron chi connectivity index (χ0n) is 9.69. The summed E-state index contributed by atoms with van der Waals surface area (Å²) in [5.41, 5.74) is 0.899. The molecule has 1 fully saturated rings. The first kappa shape index (κ1) is 10.7. The number of hydrogen-bond acceptors (Lipinski definition) is 2. The Morgan fingerprint density at radius 3 is 3.24 bits per heavy atom. The molecule has 1 saturated heterocycles. The zero-order valence-corrected chi connectivity index (χ0v) is 9.69. The lowest BCUT2D eigenvalue weighted by Gasteiger charge is -2.22. The first-order valence-corrected chi connectivity index (χ1v) is 6.15. The molecule has 1 N–H and O–H groups in total. The molecule has 4 heteroatoms. The maximum atomic E-state index is 13.5. The average molecular weight is 233 g/mol. The molecule has 1 aromatic heterocycles. The SMILES string of the molecule is Fc1cccc2c1cnn2CC1CCCNC1. The lowest BCUT2D eigenvalue weighted by molar-refractivity contribution is 0.329. The monoisotopic (exact) mass is 233 g/mol. The summed E-state index contributed by atoms with van der Waals surface area (Å²) in [4.78, 5) is 0. The van der Waals surface area contributed by atoms with Gasteiger partial charge >= 0.3 is 0 Å². The fourth-order valence-electron chi connectivity index (χ4n) is 2.54. The van der Waals surface area contributed by atoms with Gasteiger partial charge in [-0.1, -0.05) is 6.07 Å². The van der Waals surface area contributed by atoms with E-state index in [0.717, 1.165) is 25.2 Å². The third-order valence-electron chi connectivity index (χ3n) is 3.46. The van der Waals surface area contributed by atoms with Gasteiger partial charge in [-0.2, -0.15) is 5.10 Å². The Kier molecular flexibility index (Phi) is 2.81. The Morgan fingerprint density at radius 1 is 1.47 bits per heavy atom. The van der Waals surface area contributed by atoms with E-state index in [1.54, 1.807) is 12.3 Å². The summed E-state index contributed by atoms with van der Waals surface area (Å²) < 4.78 is 15.4. The third kappa shape index (κ3) is 2.05. The smallest absolute Gasteiger partial charge is 0.134 e. The molecule has 90 valence electrons. The van der Waals surface area contributed by atoms with E-state index in [2.05, 4.69) is 10.4 Å². The Balaban J connectivity index is 1.87. The van der Waals surface area contributed by atoms with Gasteiger partial charge in [0.1, 0.15) is 5.82 Å². The molecule has 1 aromatic carbocycles. The number of aromatic nitrogens is 2. The van der Waals surface area contributed by atoms with Gasteiger partial charge in [0.25, 0.3) is 0 Å². The molecule has 2 aromatic rings. The Bertz CT molecular complexity index is 514. The van der Waals surface area contributed by atoms with Crippen LogP contribution in [0.5, 0.6) is 0 Å². The molecule has 0 saturated carbocycles. The van der Waals surface area contributed by atoms with Crippen LogP contribution in [-0.4, -0.2) is 22.9 Å². The molecule has 0 bridgehead atoms. The largest absolute Gasteiger partial charge is 0.316 e. The van der Waals surface area contributed by atoms with Gasteiger partial charge in [0.15, 0.2) is 0 Å². The second kappa shape index (κ2) is 4.45. The predicted octanol–water partition coefficient (Wildman–Crippen LogP) is 2.17. The molecule has 1 atom stereocenters. The molecule has 2 heterocycles. The summed E-state index contributed by atoms with van der Waals surface area (Å²) >= 11 is 0. The normalized spacial score (nSPS) is 20.9. The van der Waals surface area contributed by atoms with Crippen molar-refractivity contribution in [3.63, 3.8) is 0 Å². The lowest BCUT2D eigenvalue weighted by atomic mass is 10.00. The van der Waals surface area contributed by atoms with Crippen LogP contribution in [0.4, 0.5) is 4.39 Å². The number of rotatable bonds is 2. The molecule has 1 aliphatic rings. The molecule has 1 aliphatic heterocycles. The van der Waals surface area contributed by atoms with Gasteiger partial charge in [0.05, 0.1) is 17.1 Å². The maximum Gasteiger partial charge on any atom is 0.134 e. The highest BCUT2D eigenvalue weighted by Crippen LogP contribution is 2.19. The van der Waals surface area contributed by atoms with Gasteiger partial charge in [0.2, 0.25) is 0 Å². The van der Waals surface area contributed by atoms with Crippen molar-refractivity contribution in [2.24, 2.45) is 5.92 Å². The van der Waals surface area contributed by atoms with Crippen molar-refractivity contribution in [3.8, 4) is 0 Å². The number of nitrogens with one attached hydrogen (secondary N) is 1. The molecule has 0 amide bonds. The quantitative estimate of drug-likeness (QED) is 0.861. The third-order valence-corrected chi connectivity index (χ3v) is 3.46. The zero-order chi connectivity index (χ0) is 11.7. The molecule has 17 heavy (non-hydrogen) atoms. The van der Waals surface area contributed by atoms with Gasteiger partial charge in [-0.25, -0.2) is 4.39 Å². The van der Waals surface area contributed by atoms with E-state index in [9.17, 15) is 4.39 Å². The first-order valence-electron chi connectivity index (χ1n) is 6.15. The van der Waals surface area contributed by atoms with E-state index in [1.807, 2.05) is 10.7 Å². The summed E-state index contributed by atoms with van der Waals surface area (Å²) in [6, 6.07) is 5.16. The van der Waals surface area contributed by atoms with Crippen LogP contribution in [0.3, 0.4) is 0 Å². The van der Waals surface area contributed by atoms with Gasteiger partial charge in [-0.15, -0.1) is 0 Å². The van der Waals surface area contributed by atoms with Crippen molar-refractivity contribution < 1.29 is 4.39 Å². The van der Waals surface area contributed by atoms with Crippen molar-refractivity contribution in [1.82, 2.24) is 15.1 Å². The van der Waals surface area contributed by atoms with Gasteiger partial charge in [-0.05, 0) is 44.0 Å². The number of piperidine rings is 1. The molecular weight excluding hydrogens is 217 g/mol. The highest BCUT2D eigenvalue weighted by Gasteiger charge is 2.15. The number of fused-ring (bicyclic) bond motifs is 1. The Hall–Kier alpha value is -1.42. The number of nitrogens with zero attached hydrogens (tertiary/aromatic N) is 2. The van der Waals surface area contributed by atoms with E-state index in [1.165, 1.54) is 18.9 Å². The molecular formula is C13H16FN3. The van der Waals surface area contributed by atoms with Crippen LogP contribution < -0.4 is 5.32 Å². The maximum absolute atomic E-state index is 13.5. The summed E-state index contributed by atoms with van der Waals surface area (Å²) in [5.74, 6) is 0.422. The Morgan fingerprint density at radius 2 is 2.41 bits per heavy atom. The van der Waals surface area contributed by atoms with Crippen molar-refractivity contribution in [2.75, 3.05) is 13.1 Å². The van der Waals surface area contributed by atoms with E-state index < -0.39 is 0 Å². The highest BCUT2D eigenvalue weighted by atomic mass is 19.1. The Labute approximate surface area is 99.6 Å². The first-order chi connectivity index (χ1) is 8.34. The van der Waals surface area contributed by atoms with Crippen LogP contribution >= 0.6 is 0 Å². The van der Waals surface area contributed by atoms with Gasteiger partial charge < -0.3 is 5.32 Å². The molecule has 0 radical (unpaired) electrons. The predicted molar refractivity (Wildman–Crippen MR) is 65.3 cm³/mol. The van der Waals surface area contributed by atoms with Crippen LogP contribution in [0, 0.1) is 11.7 Å². The van der Waals surface area contributed by atoms with Crippen LogP contribution in [0.1, 0.15) is 12.8 Å². The minimum absolute atomic E-state index is 0.185. The summed E-state index contributed by atoms with van der Waals surface area (Å²) in [7, 11) is 0. The summed E-state index contributed by atoms with van der Waals surface area (Å²) in [6.45, 7) is 3.03. The van der Waals surface area contributed by atoms with Crippen LogP contribution in [0.2, 0.25) is 0 Å². The topological polar surface area (TPSA) is 29.9 Å². The molecule has 3 nitrogen and oxygen atoms in total. The minimum Gasteiger partial charge on any atom is -0.316 e. The van der Waals surface area contributed by atoms with Crippen LogP contribution in [0.25, 0.3) is 10.9 Å². The van der Waals surface area contributed by atoms with Crippen LogP contribution in [-0.2, 0) is 6.54 Å². The summed E-state index contributed by atoms with van der Waals surface area (Å²) in [6.07, 6.45) is 4.07. The second-order valence-electron chi connectivity index (χ2n) is 4.71. The van der Waals surface area contributed by atoms with Crippen molar-refractivity contribution >= 4 is 10.9 Å². The van der Waals surface area contributed by atoms with Crippen molar-refractivity contribution in [2.45, 2.75) is 19.4 Å². The number of hydrogen-bond donors (Lipinski definition) is 1. The minimum atomic E-state index is -0.185.